The fourth-order valence-corrected chi connectivity index (χ4v) is 4.50. The third-order valence-corrected chi connectivity index (χ3v) is 5.16. The summed E-state index contributed by atoms with van der Waals surface area (Å²) in [4.78, 5) is 23.5. The van der Waals surface area contributed by atoms with Crippen LogP contribution in [0.5, 0.6) is 0 Å². The molecule has 1 heterocycles. The number of hydrogen-bond donors (Lipinski definition) is 0. The second-order valence-electron chi connectivity index (χ2n) is 6.09. The van der Waals surface area contributed by atoms with Crippen LogP contribution in [0.15, 0.2) is 12.2 Å². The standard InChI is InChI=1S/C15H20O4/c1-4-8-9-5-11(19-14(16)7(2)3)12(8)10-6-18-15(17)13(9)10/h8-13H,2,4-6H2,1,3H3. The Morgan fingerprint density at radius 2 is 2.21 bits per heavy atom. The number of cyclic esters (lactones) is 1. The molecule has 0 radical (unpaired) electrons. The highest BCUT2D eigenvalue weighted by Crippen LogP contribution is 2.60. The molecule has 2 saturated carbocycles. The van der Waals surface area contributed by atoms with E-state index in [-0.39, 0.29) is 35.8 Å². The molecular weight excluding hydrogens is 244 g/mol. The minimum Gasteiger partial charge on any atom is -0.465 e. The SMILES string of the molecule is C=C(C)C(=O)OC1CC2C(CC)C1C1COC(=O)C21. The molecule has 3 fully saturated rings. The van der Waals surface area contributed by atoms with Crippen LogP contribution in [0.1, 0.15) is 26.7 Å². The molecule has 2 aliphatic carbocycles. The Kier molecular flexibility index (Phi) is 2.91. The van der Waals surface area contributed by atoms with Crippen LogP contribution in [0.4, 0.5) is 0 Å². The first-order chi connectivity index (χ1) is 9.04. The second kappa shape index (κ2) is 4.36. The molecular formula is C15H20O4. The van der Waals surface area contributed by atoms with Crippen LogP contribution in [0.3, 0.4) is 0 Å². The van der Waals surface area contributed by atoms with Crippen LogP contribution in [0.2, 0.25) is 0 Å². The fourth-order valence-electron chi connectivity index (χ4n) is 4.50. The largest absolute Gasteiger partial charge is 0.465 e. The Morgan fingerprint density at radius 1 is 1.47 bits per heavy atom. The van der Waals surface area contributed by atoms with Crippen molar-refractivity contribution in [2.24, 2.45) is 29.6 Å². The van der Waals surface area contributed by atoms with Crippen molar-refractivity contribution >= 4 is 11.9 Å². The molecule has 4 heteroatoms. The molecule has 4 nitrogen and oxygen atoms in total. The number of hydrogen-bond acceptors (Lipinski definition) is 4. The zero-order valence-electron chi connectivity index (χ0n) is 11.4. The van der Waals surface area contributed by atoms with Crippen molar-refractivity contribution in [2.75, 3.05) is 6.61 Å². The van der Waals surface area contributed by atoms with E-state index in [2.05, 4.69) is 13.5 Å². The maximum Gasteiger partial charge on any atom is 0.333 e. The monoisotopic (exact) mass is 264 g/mol. The van der Waals surface area contributed by atoms with Crippen molar-refractivity contribution in [2.45, 2.75) is 32.8 Å². The summed E-state index contributed by atoms with van der Waals surface area (Å²) >= 11 is 0. The number of carbonyl (C=O) groups excluding carboxylic acids is 2. The molecule has 3 rings (SSSR count). The van der Waals surface area contributed by atoms with E-state index in [0.29, 0.717) is 24.0 Å². The molecule has 1 aliphatic heterocycles. The summed E-state index contributed by atoms with van der Waals surface area (Å²) in [6.07, 6.45) is 1.78. The van der Waals surface area contributed by atoms with E-state index in [4.69, 9.17) is 9.47 Å². The topological polar surface area (TPSA) is 52.6 Å². The Morgan fingerprint density at radius 3 is 2.84 bits per heavy atom. The van der Waals surface area contributed by atoms with Crippen LogP contribution < -0.4 is 0 Å². The maximum atomic E-state index is 11.8. The summed E-state index contributed by atoms with van der Waals surface area (Å²) in [7, 11) is 0. The van der Waals surface area contributed by atoms with Crippen LogP contribution in [-0.4, -0.2) is 24.6 Å². The van der Waals surface area contributed by atoms with Gasteiger partial charge in [0.15, 0.2) is 0 Å². The van der Waals surface area contributed by atoms with Crippen molar-refractivity contribution < 1.29 is 19.1 Å². The molecule has 3 aliphatic rings. The first-order valence-electron chi connectivity index (χ1n) is 7.07. The fraction of sp³-hybridized carbons (Fsp3) is 0.733. The second-order valence-corrected chi connectivity index (χ2v) is 6.09. The van der Waals surface area contributed by atoms with Gasteiger partial charge in [0.25, 0.3) is 0 Å². The highest BCUT2D eigenvalue weighted by Gasteiger charge is 2.64. The van der Waals surface area contributed by atoms with Crippen LogP contribution >= 0.6 is 0 Å². The number of fused-ring (bicyclic) bond motifs is 5. The van der Waals surface area contributed by atoms with E-state index in [1.54, 1.807) is 6.92 Å². The minimum absolute atomic E-state index is 0.0411. The number of carbonyl (C=O) groups is 2. The van der Waals surface area contributed by atoms with Crippen molar-refractivity contribution in [1.29, 1.82) is 0 Å². The van der Waals surface area contributed by atoms with E-state index in [1.165, 1.54) is 0 Å². The van der Waals surface area contributed by atoms with E-state index in [0.717, 1.165) is 12.8 Å². The summed E-state index contributed by atoms with van der Waals surface area (Å²) in [6, 6.07) is 0. The number of esters is 2. The average Bonchev–Trinajstić information content (AvgIpc) is 2.98. The van der Waals surface area contributed by atoms with Gasteiger partial charge in [-0.05, 0) is 25.2 Å². The molecule has 6 unspecified atom stereocenters. The highest BCUT2D eigenvalue weighted by atomic mass is 16.6. The lowest BCUT2D eigenvalue weighted by molar-refractivity contribution is -0.148. The van der Waals surface area contributed by atoms with E-state index in [9.17, 15) is 9.59 Å². The van der Waals surface area contributed by atoms with Gasteiger partial charge < -0.3 is 9.47 Å². The van der Waals surface area contributed by atoms with E-state index in [1.807, 2.05) is 0 Å². The normalized spacial score (nSPS) is 42.9. The summed E-state index contributed by atoms with van der Waals surface area (Å²) in [5, 5.41) is 0. The molecule has 0 aromatic heterocycles. The predicted molar refractivity (Wildman–Crippen MR) is 68.0 cm³/mol. The highest BCUT2D eigenvalue weighted by molar-refractivity contribution is 5.87. The minimum atomic E-state index is -0.311. The zero-order chi connectivity index (χ0) is 13.7. The molecule has 6 atom stereocenters. The van der Waals surface area contributed by atoms with Gasteiger partial charge in [0.2, 0.25) is 0 Å². The lowest BCUT2D eigenvalue weighted by atomic mass is 9.80. The third-order valence-electron chi connectivity index (χ3n) is 5.16. The van der Waals surface area contributed by atoms with Gasteiger partial charge in [0.05, 0.1) is 12.5 Å². The summed E-state index contributed by atoms with van der Waals surface area (Å²) in [5.74, 6) is 1.06. The maximum absolute atomic E-state index is 11.8. The lowest BCUT2D eigenvalue weighted by Crippen LogP contribution is -2.35. The van der Waals surface area contributed by atoms with Crippen LogP contribution in [-0.2, 0) is 19.1 Å². The molecule has 0 amide bonds. The predicted octanol–water partition coefficient (Wildman–Crippen LogP) is 1.94. The van der Waals surface area contributed by atoms with Gasteiger partial charge in [0, 0.05) is 17.4 Å². The zero-order valence-corrected chi connectivity index (χ0v) is 11.4. The van der Waals surface area contributed by atoms with Gasteiger partial charge in [-0.3, -0.25) is 4.79 Å². The molecule has 0 N–H and O–H groups in total. The van der Waals surface area contributed by atoms with Gasteiger partial charge >= 0.3 is 11.9 Å². The molecule has 104 valence electrons. The molecule has 0 spiro atoms. The van der Waals surface area contributed by atoms with Crippen molar-refractivity contribution in [1.82, 2.24) is 0 Å². The quantitative estimate of drug-likeness (QED) is 0.577. The summed E-state index contributed by atoms with van der Waals surface area (Å²) in [5.41, 5.74) is 0.436. The van der Waals surface area contributed by atoms with Gasteiger partial charge in [-0.15, -0.1) is 0 Å². The lowest BCUT2D eigenvalue weighted by Gasteiger charge is -2.28. The van der Waals surface area contributed by atoms with Crippen molar-refractivity contribution in [3.63, 3.8) is 0 Å². The van der Waals surface area contributed by atoms with E-state index >= 15 is 0 Å². The summed E-state index contributed by atoms with van der Waals surface area (Å²) < 4.78 is 10.8. The first-order valence-corrected chi connectivity index (χ1v) is 7.07. The Balaban J connectivity index is 1.80. The third kappa shape index (κ3) is 1.72. The molecule has 1 saturated heterocycles. The van der Waals surface area contributed by atoms with Crippen molar-refractivity contribution in [3.8, 4) is 0 Å². The van der Waals surface area contributed by atoms with Gasteiger partial charge in [-0.25, -0.2) is 4.79 Å². The van der Waals surface area contributed by atoms with Crippen molar-refractivity contribution in [3.05, 3.63) is 12.2 Å². The smallest absolute Gasteiger partial charge is 0.333 e. The van der Waals surface area contributed by atoms with Crippen LogP contribution in [0.25, 0.3) is 0 Å². The molecule has 2 bridgehead atoms. The Hall–Kier alpha value is -1.32. The number of ether oxygens (including phenoxy) is 2. The van der Waals surface area contributed by atoms with Gasteiger partial charge in [-0.1, -0.05) is 19.9 Å². The first kappa shape index (κ1) is 12.7. The van der Waals surface area contributed by atoms with E-state index < -0.39 is 0 Å². The molecule has 0 aromatic rings. The van der Waals surface area contributed by atoms with Gasteiger partial charge in [-0.2, -0.15) is 0 Å². The summed E-state index contributed by atoms with van der Waals surface area (Å²) in [6.45, 7) is 7.94. The van der Waals surface area contributed by atoms with Gasteiger partial charge in [0.1, 0.15) is 6.10 Å². The Labute approximate surface area is 113 Å². The average molecular weight is 264 g/mol. The molecule has 0 aromatic carbocycles. The van der Waals surface area contributed by atoms with Crippen LogP contribution in [0, 0.1) is 29.6 Å². The molecule has 19 heavy (non-hydrogen) atoms. The Bertz CT molecular complexity index is 441. The number of rotatable bonds is 3.